The first-order chi connectivity index (χ1) is 17.4. The molecule has 1 aliphatic rings. The summed E-state index contributed by atoms with van der Waals surface area (Å²) in [5.41, 5.74) is 3.23. The van der Waals surface area contributed by atoms with Gasteiger partial charge < -0.3 is 15.4 Å². The topological polar surface area (TPSA) is 101 Å². The van der Waals surface area contributed by atoms with Crippen molar-refractivity contribution in [1.82, 2.24) is 15.6 Å². The number of carbonyl (C=O) groups excluding carboxylic acids is 3. The number of hydrogen-bond donors (Lipinski definition) is 2. The lowest BCUT2D eigenvalue weighted by atomic mass is 10.0. The average molecular weight is 491 g/mol. The second-order valence-corrected chi connectivity index (χ2v) is 8.51. The summed E-state index contributed by atoms with van der Waals surface area (Å²) in [6, 6.07) is 17.5. The lowest BCUT2D eigenvalue weighted by Crippen LogP contribution is -2.33. The van der Waals surface area contributed by atoms with Gasteiger partial charge in [0.25, 0.3) is 0 Å². The van der Waals surface area contributed by atoms with Gasteiger partial charge in [0.2, 0.25) is 11.8 Å². The van der Waals surface area contributed by atoms with Crippen LogP contribution in [0, 0.1) is 5.82 Å². The van der Waals surface area contributed by atoms with Crippen molar-refractivity contribution in [3.05, 3.63) is 83.9 Å². The minimum Gasteiger partial charge on any atom is -0.442 e. The van der Waals surface area contributed by atoms with Gasteiger partial charge in [0.1, 0.15) is 11.9 Å². The highest BCUT2D eigenvalue weighted by Crippen LogP contribution is 2.29. The van der Waals surface area contributed by atoms with E-state index in [4.69, 9.17) is 4.74 Å². The SMILES string of the molecule is CC(=O)NC[C@H]1CN(c2ccc(-c3ccc(CNC(=O)CCc4ccccn4)cc3)c(F)c2)C(=O)O1. The Bertz CT molecular complexity index is 1230. The summed E-state index contributed by atoms with van der Waals surface area (Å²) in [5, 5.41) is 5.50. The maximum Gasteiger partial charge on any atom is 0.414 e. The zero-order valence-corrected chi connectivity index (χ0v) is 19.9. The zero-order valence-electron chi connectivity index (χ0n) is 19.9. The summed E-state index contributed by atoms with van der Waals surface area (Å²) in [7, 11) is 0. The Morgan fingerprint density at radius 1 is 1.11 bits per heavy atom. The molecule has 3 aromatic rings. The molecule has 36 heavy (non-hydrogen) atoms. The van der Waals surface area contributed by atoms with Crippen LogP contribution >= 0.6 is 0 Å². The normalized spacial score (nSPS) is 14.9. The number of halogens is 1. The number of benzene rings is 2. The number of pyridine rings is 1. The number of anilines is 1. The van der Waals surface area contributed by atoms with Crippen LogP contribution in [-0.2, 0) is 27.3 Å². The van der Waals surface area contributed by atoms with Crippen molar-refractivity contribution in [1.29, 1.82) is 0 Å². The second-order valence-electron chi connectivity index (χ2n) is 8.51. The highest BCUT2D eigenvalue weighted by atomic mass is 19.1. The molecule has 2 heterocycles. The molecule has 4 rings (SSSR count). The first kappa shape index (κ1) is 24.8. The summed E-state index contributed by atoms with van der Waals surface area (Å²) >= 11 is 0. The van der Waals surface area contributed by atoms with Crippen molar-refractivity contribution >= 4 is 23.6 Å². The monoisotopic (exact) mass is 490 g/mol. The maximum atomic E-state index is 14.9. The van der Waals surface area contributed by atoms with Crippen molar-refractivity contribution in [3.8, 4) is 11.1 Å². The largest absolute Gasteiger partial charge is 0.442 e. The summed E-state index contributed by atoms with van der Waals surface area (Å²) in [4.78, 5) is 41.0. The Labute approximate surface area is 208 Å². The van der Waals surface area contributed by atoms with Crippen LogP contribution in [-0.4, -0.2) is 42.1 Å². The Kier molecular flexibility index (Phi) is 7.89. The summed E-state index contributed by atoms with van der Waals surface area (Å²) in [6.07, 6.45) is 1.56. The number of ether oxygens (including phenoxy) is 1. The van der Waals surface area contributed by atoms with Gasteiger partial charge in [0, 0.05) is 37.3 Å². The molecule has 3 amide bonds. The standard InChI is InChI=1S/C27H27FN4O4/c1-18(33)30-16-23-17-32(27(35)36-23)22-10-11-24(25(28)14-22)20-7-5-19(6-8-20)15-31-26(34)12-9-21-4-2-3-13-29-21/h2-8,10-11,13-14,23H,9,12,15-17H2,1H3,(H,30,33)(H,31,34)/t23-/m0/s1. The second kappa shape index (κ2) is 11.4. The predicted molar refractivity (Wildman–Crippen MR) is 133 cm³/mol. The predicted octanol–water partition coefficient (Wildman–Crippen LogP) is 3.60. The van der Waals surface area contributed by atoms with Crippen LogP contribution < -0.4 is 15.5 Å². The van der Waals surface area contributed by atoms with Crippen molar-refractivity contribution in [3.63, 3.8) is 0 Å². The number of nitrogens with one attached hydrogen (secondary N) is 2. The number of hydrogen-bond acceptors (Lipinski definition) is 5. The highest BCUT2D eigenvalue weighted by Gasteiger charge is 2.32. The first-order valence-corrected chi connectivity index (χ1v) is 11.7. The van der Waals surface area contributed by atoms with Crippen LogP contribution in [0.3, 0.4) is 0 Å². The van der Waals surface area contributed by atoms with Gasteiger partial charge in [0.15, 0.2) is 0 Å². The van der Waals surface area contributed by atoms with Crippen molar-refractivity contribution < 1.29 is 23.5 Å². The quantitative estimate of drug-likeness (QED) is 0.477. The van der Waals surface area contributed by atoms with E-state index < -0.39 is 18.0 Å². The molecule has 0 bridgehead atoms. The molecule has 9 heteroatoms. The Balaban J connectivity index is 1.32. The van der Waals surface area contributed by atoms with Gasteiger partial charge >= 0.3 is 6.09 Å². The summed E-state index contributed by atoms with van der Waals surface area (Å²) < 4.78 is 20.2. The van der Waals surface area contributed by atoms with Gasteiger partial charge in [-0.2, -0.15) is 0 Å². The molecule has 1 atom stereocenters. The van der Waals surface area contributed by atoms with E-state index in [0.29, 0.717) is 36.2 Å². The van der Waals surface area contributed by atoms with Crippen LogP contribution in [0.25, 0.3) is 11.1 Å². The van der Waals surface area contributed by atoms with E-state index in [0.717, 1.165) is 11.3 Å². The third-order valence-electron chi connectivity index (χ3n) is 5.81. The molecule has 2 N–H and O–H groups in total. The molecular weight excluding hydrogens is 463 g/mol. The Hall–Kier alpha value is -4.27. The highest BCUT2D eigenvalue weighted by molar-refractivity contribution is 5.90. The fourth-order valence-electron chi connectivity index (χ4n) is 3.88. The van der Waals surface area contributed by atoms with E-state index in [2.05, 4.69) is 15.6 Å². The number of nitrogens with zero attached hydrogens (tertiary/aromatic N) is 2. The molecule has 0 unspecified atom stereocenters. The molecule has 2 aromatic carbocycles. The van der Waals surface area contributed by atoms with E-state index in [1.807, 2.05) is 30.3 Å². The van der Waals surface area contributed by atoms with Crippen LogP contribution in [0.4, 0.5) is 14.9 Å². The zero-order chi connectivity index (χ0) is 25.5. The Morgan fingerprint density at radius 3 is 2.61 bits per heavy atom. The summed E-state index contributed by atoms with van der Waals surface area (Å²) in [5.74, 6) is -0.749. The van der Waals surface area contributed by atoms with Crippen LogP contribution in [0.15, 0.2) is 66.9 Å². The third-order valence-corrected chi connectivity index (χ3v) is 5.81. The minimum absolute atomic E-state index is 0.0638. The molecule has 0 saturated carbocycles. The van der Waals surface area contributed by atoms with E-state index in [1.54, 1.807) is 30.5 Å². The molecule has 1 aromatic heterocycles. The van der Waals surface area contributed by atoms with E-state index in [1.165, 1.54) is 17.9 Å². The molecule has 1 aliphatic heterocycles. The van der Waals surface area contributed by atoms with Crippen molar-refractivity contribution in [2.75, 3.05) is 18.0 Å². The van der Waals surface area contributed by atoms with Gasteiger partial charge in [0.05, 0.1) is 18.8 Å². The third kappa shape index (κ3) is 6.44. The minimum atomic E-state index is -0.580. The van der Waals surface area contributed by atoms with Crippen molar-refractivity contribution in [2.45, 2.75) is 32.4 Å². The lowest BCUT2D eigenvalue weighted by Gasteiger charge is -2.15. The van der Waals surface area contributed by atoms with E-state index in [9.17, 15) is 18.8 Å². The average Bonchev–Trinajstić information content (AvgIpc) is 3.26. The van der Waals surface area contributed by atoms with E-state index >= 15 is 0 Å². The van der Waals surface area contributed by atoms with Crippen molar-refractivity contribution in [2.24, 2.45) is 0 Å². The van der Waals surface area contributed by atoms with Crippen LogP contribution in [0.2, 0.25) is 0 Å². The first-order valence-electron chi connectivity index (χ1n) is 11.7. The maximum absolute atomic E-state index is 14.9. The number of carbonyl (C=O) groups is 3. The molecule has 1 saturated heterocycles. The molecule has 186 valence electrons. The fourth-order valence-corrected chi connectivity index (χ4v) is 3.88. The van der Waals surface area contributed by atoms with Gasteiger partial charge in [-0.3, -0.25) is 19.5 Å². The molecular formula is C27H27FN4O4. The Morgan fingerprint density at radius 2 is 1.92 bits per heavy atom. The van der Waals surface area contributed by atoms with Gasteiger partial charge in [-0.05, 0) is 47.9 Å². The number of aromatic nitrogens is 1. The number of amides is 3. The van der Waals surface area contributed by atoms with Gasteiger partial charge in [-0.15, -0.1) is 0 Å². The molecule has 0 aliphatic carbocycles. The van der Waals surface area contributed by atoms with Gasteiger partial charge in [-0.1, -0.05) is 30.3 Å². The molecule has 0 spiro atoms. The smallest absolute Gasteiger partial charge is 0.414 e. The van der Waals surface area contributed by atoms with Crippen LogP contribution in [0.1, 0.15) is 24.6 Å². The molecule has 8 nitrogen and oxygen atoms in total. The van der Waals surface area contributed by atoms with Gasteiger partial charge in [-0.25, -0.2) is 9.18 Å². The molecule has 0 radical (unpaired) electrons. The lowest BCUT2D eigenvalue weighted by molar-refractivity contribution is -0.121. The number of rotatable bonds is 9. The van der Waals surface area contributed by atoms with E-state index in [-0.39, 0.29) is 24.9 Å². The summed E-state index contributed by atoms with van der Waals surface area (Å²) in [6.45, 7) is 2.19. The fraction of sp³-hybridized carbons (Fsp3) is 0.259. The number of aryl methyl sites for hydroxylation is 1. The van der Waals surface area contributed by atoms with Crippen LogP contribution in [0.5, 0.6) is 0 Å². The number of cyclic esters (lactones) is 1. The molecule has 1 fully saturated rings.